The number of thiazole rings is 1. The highest BCUT2D eigenvalue weighted by Crippen LogP contribution is 2.34. The molecule has 1 aliphatic heterocycles. The number of anilines is 2. The van der Waals surface area contributed by atoms with Crippen LogP contribution in [0.4, 0.5) is 10.8 Å². The number of benzene rings is 2. The smallest absolute Gasteiger partial charge is 0.229 e. The Morgan fingerprint density at radius 2 is 1.93 bits per heavy atom. The van der Waals surface area contributed by atoms with Crippen molar-refractivity contribution in [1.82, 2.24) is 4.98 Å². The van der Waals surface area contributed by atoms with Crippen LogP contribution < -0.4 is 24.4 Å². The van der Waals surface area contributed by atoms with E-state index in [0.29, 0.717) is 23.7 Å². The first-order valence-electron chi connectivity index (χ1n) is 9.83. The van der Waals surface area contributed by atoms with Gasteiger partial charge in [-0.1, -0.05) is 11.3 Å². The lowest BCUT2D eigenvalue weighted by Gasteiger charge is -2.31. The van der Waals surface area contributed by atoms with Crippen molar-refractivity contribution in [3.05, 3.63) is 36.4 Å². The average Bonchev–Trinajstić information content (AvgIpc) is 3.22. The molecule has 8 heteroatoms. The molecule has 1 N–H and O–H groups in total. The zero-order valence-corrected chi connectivity index (χ0v) is 18.1. The van der Waals surface area contributed by atoms with Crippen LogP contribution in [0.2, 0.25) is 0 Å². The van der Waals surface area contributed by atoms with Gasteiger partial charge in [0.05, 0.1) is 37.5 Å². The van der Waals surface area contributed by atoms with Crippen LogP contribution in [0, 0.1) is 5.92 Å². The first kappa shape index (κ1) is 20.3. The maximum Gasteiger partial charge on any atom is 0.229 e. The number of nitrogens with zero attached hydrogens (tertiary/aromatic N) is 2. The topological polar surface area (TPSA) is 72.9 Å². The second kappa shape index (κ2) is 8.79. The van der Waals surface area contributed by atoms with E-state index in [4.69, 9.17) is 19.2 Å². The third-order valence-corrected chi connectivity index (χ3v) is 6.38. The molecule has 1 unspecified atom stereocenters. The Kier molecular flexibility index (Phi) is 5.94. The van der Waals surface area contributed by atoms with Crippen LogP contribution >= 0.6 is 11.3 Å². The molecule has 0 spiro atoms. The highest BCUT2D eigenvalue weighted by molar-refractivity contribution is 7.22. The van der Waals surface area contributed by atoms with Gasteiger partial charge in [0.1, 0.15) is 5.75 Å². The van der Waals surface area contributed by atoms with Gasteiger partial charge in [0.15, 0.2) is 16.6 Å². The van der Waals surface area contributed by atoms with Gasteiger partial charge in [0, 0.05) is 24.8 Å². The molecule has 1 aliphatic rings. The van der Waals surface area contributed by atoms with Crippen molar-refractivity contribution < 1.29 is 19.0 Å². The second-order valence-electron chi connectivity index (χ2n) is 7.17. The maximum absolute atomic E-state index is 12.9. The van der Waals surface area contributed by atoms with Gasteiger partial charge in [-0.05, 0) is 43.2 Å². The molecule has 1 atom stereocenters. The first-order valence-corrected chi connectivity index (χ1v) is 10.7. The number of fused-ring (bicyclic) bond motifs is 1. The molecule has 2 heterocycles. The number of hydrogen-bond acceptors (Lipinski definition) is 7. The summed E-state index contributed by atoms with van der Waals surface area (Å²) in [5, 5.41) is 3.96. The molecule has 1 amide bonds. The molecule has 0 saturated carbocycles. The third-order valence-electron chi connectivity index (χ3n) is 5.30. The number of carbonyl (C=O) groups is 1. The van der Waals surface area contributed by atoms with Gasteiger partial charge in [-0.3, -0.25) is 4.79 Å². The average molecular weight is 428 g/mol. The van der Waals surface area contributed by atoms with E-state index in [0.717, 1.165) is 40.5 Å². The number of rotatable bonds is 6. The molecule has 0 aliphatic carbocycles. The van der Waals surface area contributed by atoms with Crippen molar-refractivity contribution >= 4 is 38.3 Å². The molecule has 2 aromatic carbocycles. The molecular formula is C22H25N3O4S. The van der Waals surface area contributed by atoms with E-state index in [1.165, 1.54) is 0 Å². The Balaban J connectivity index is 1.46. The van der Waals surface area contributed by atoms with Gasteiger partial charge in [0.2, 0.25) is 5.91 Å². The molecule has 3 aromatic rings. The molecule has 158 valence electrons. The monoisotopic (exact) mass is 427 g/mol. The van der Waals surface area contributed by atoms with E-state index in [-0.39, 0.29) is 11.8 Å². The molecule has 0 bridgehead atoms. The highest BCUT2D eigenvalue weighted by atomic mass is 32.1. The van der Waals surface area contributed by atoms with Crippen molar-refractivity contribution in [2.75, 3.05) is 44.6 Å². The molecule has 4 rings (SSSR count). The van der Waals surface area contributed by atoms with Gasteiger partial charge < -0.3 is 24.4 Å². The van der Waals surface area contributed by atoms with E-state index in [2.05, 4.69) is 10.2 Å². The zero-order valence-electron chi connectivity index (χ0n) is 17.3. The summed E-state index contributed by atoms with van der Waals surface area (Å²) in [5.74, 6) is 1.95. The zero-order chi connectivity index (χ0) is 21.1. The SMILES string of the molecule is COc1ccc2nc(N3CCCC(C(=O)Nc4ccc(OC)c(OC)c4)C3)sc2c1. The van der Waals surface area contributed by atoms with E-state index in [1.54, 1.807) is 44.8 Å². The van der Waals surface area contributed by atoms with E-state index in [9.17, 15) is 4.79 Å². The fraction of sp³-hybridized carbons (Fsp3) is 0.364. The van der Waals surface area contributed by atoms with E-state index in [1.807, 2.05) is 24.3 Å². The van der Waals surface area contributed by atoms with Crippen LogP contribution in [0.1, 0.15) is 12.8 Å². The second-order valence-corrected chi connectivity index (χ2v) is 8.18. The summed E-state index contributed by atoms with van der Waals surface area (Å²) < 4.78 is 17.0. The quantitative estimate of drug-likeness (QED) is 0.636. The van der Waals surface area contributed by atoms with Crippen molar-refractivity contribution in [2.24, 2.45) is 5.92 Å². The van der Waals surface area contributed by atoms with Crippen molar-refractivity contribution in [1.29, 1.82) is 0 Å². The van der Waals surface area contributed by atoms with Gasteiger partial charge in [-0.15, -0.1) is 0 Å². The lowest BCUT2D eigenvalue weighted by Crippen LogP contribution is -2.40. The Bertz CT molecular complexity index is 1050. The van der Waals surface area contributed by atoms with Crippen LogP contribution in [-0.4, -0.2) is 45.3 Å². The summed E-state index contributed by atoms with van der Waals surface area (Å²) >= 11 is 1.63. The summed E-state index contributed by atoms with van der Waals surface area (Å²) in [5.41, 5.74) is 1.65. The largest absolute Gasteiger partial charge is 0.497 e. The summed E-state index contributed by atoms with van der Waals surface area (Å²) in [6, 6.07) is 11.3. The molecule has 1 saturated heterocycles. The number of piperidine rings is 1. The van der Waals surface area contributed by atoms with Crippen LogP contribution in [0.15, 0.2) is 36.4 Å². The summed E-state index contributed by atoms with van der Waals surface area (Å²) in [7, 11) is 4.83. The summed E-state index contributed by atoms with van der Waals surface area (Å²) in [6.07, 6.45) is 1.80. The van der Waals surface area contributed by atoms with E-state index < -0.39 is 0 Å². The van der Waals surface area contributed by atoms with Crippen LogP contribution in [0.5, 0.6) is 17.2 Å². The minimum atomic E-state index is -0.103. The highest BCUT2D eigenvalue weighted by Gasteiger charge is 2.27. The van der Waals surface area contributed by atoms with Gasteiger partial charge in [-0.2, -0.15) is 0 Å². The van der Waals surface area contributed by atoms with Crippen LogP contribution in [-0.2, 0) is 4.79 Å². The molecule has 0 radical (unpaired) electrons. The summed E-state index contributed by atoms with van der Waals surface area (Å²) in [4.78, 5) is 19.9. The fourth-order valence-corrected chi connectivity index (χ4v) is 4.71. The standard InChI is InChI=1S/C22H25N3O4S/c1-27-16-7-8-17-20(12-16)30-22(24-17)25-10-4-5-14(13-25)21(26)23-15-6-9-18(28-2)19(11-15)29-3/h6-9,11-12,14H,4-5,10,13H2,1-3H3,(H,23,26). The van der Waals surface area contributed by atoms with Gasteiger partial charge >= 0.3 is 0 Å². The minimum absolute atomic E-state index is 0.00898. The van der Waals surface area contributed by atoms with Gasteiger partial charge in [0.25, 0.3) is 0 Å². The number of amides is 1. The number of methoxy groups -OCH3 is 3. The van der Waals surface area contributed by atoms with Crippen molar-refractivity contribution in [3.63, 3.8) is 0 Å². The Labute approximate surface area is 179 Å². The predicted octanol–water partition coefficient (Wildman–Crippen LogP) is 4.18. The molecular weight excluding hydrogens is 402 g/mol. The maximum atomic E-state index is 12.9. The van der Waals surface area contributed by atoms with Crippen molar-refractivity contribution in [3.8, 4) is 17.2 Å². The first-order chi connectivity index (χ1) is 14.6. The Morgan fingerprint density at radius 3 is 2.70 bits per heavy atom. The third kappa shape index (κ3) is 4.14. The lowest BCUT2D eigenvalue weighted by atomic mass is 9.97. The Hall–Kier alpha value is -3.00. The molecule has 1 fully saturated rings. The number of ether oxygens (including phenoxy) is 3. The number of hydrogen-bond donors (Lipinski definition) is 1. The predicted molar refractivity (Wildman–Crippen MR) is 119 cm³/mol. The van der Waals surface area contributed by atoms with E-state index >= 15 is 0 Å². The fourth-order valence-electron chi connectivity index (χ4n) is 3.68. The summed E-state index contributed by atoms with van der Waals surface area (Å²) in [6.45, 7) is 1.55. The minimum Gasteiger partial charge on any atom is -0.497 e. The number of nitrogens with one attached hydrogen (secondary N) is 1. The normalized spacial score (nSPS) is 16.4. The van der Waals surface area contributed by atoms with Crippen molar-refractivity contribution in [2.45, 2.75) is 12.8 Å². The van der Waals surface area contributed by atoms with Gasteiger partial charge in [-0.25, -0.2) is 4.98 Å². The van der Waals surface area contributed by atoms with Crippen LogP contribution in [0.3, 0.4) is 0 Å². The number of aromatic nitrogens is 1. The van der Waals surface area contributed by atoms with Crippen LogP contribution in [0.25, 0.3) is 10.2 Å². The lowest BCUT2D eigenvalue weighted by molar-refractivity contribution is -0.120. The molecule has 30 heavy (non-hydrogen) atoms. The molecule has 7 nitrogen and oxygen atoms in total. The number of carbonyl (C=O) groups excluding carboxylic acids is 1. The Morgan fingerprint density at radius 1 is 1.10 bits per heavy atom. The molecule has 1 aromatic heterocycles.